The quantitative estimate of drug-likeness (QED) is 0.766. The molecule has 5 heteroatoms. The molecule has 0 amide bonds. The van der Waals surface area contributed by atoms with Gasteiger partial charge < -0.3 is 9.32 Å². The molecule has 1 aliphatic heterocycles. The van der Waals surface area contributed by atoms with Crippen LogP contribution >= 0.6 is 11.3 Å². The highest BCUT2D eigenvalue weighted by atomic mass is 32.1. The van der Waals surface area contributed by atoms with E-state index in [-0.39, 0.29) is 11.7 Å². The summed E-state index contributed by atoms with van der Waals surface area (Å²) >= 11 is 1.48. The Balaban J connectivity index is 1.73. The van der Waals surface area contributed by atoms with E-state index in [1.807, 2.05) is 30.5 Å². The average Bonchev–Trinajstić information content (AvgIpc) is 3.35. The number of furan rings is 1. The summed E-state index contributed by atoms with van der Waals surface area (Å²) in [5.41, 5.74) is 0.690. The van der Waals surface area contributed by atoms with Gasteiger partial charge in [0.2, 0.25) is 0 Å². The number of hydrogen-bond donors (Lipinski definition) is 0. The molecule has 0 saturated heterocycles. The highest BCUT2D eigenvalue weighted by Gasteiger charge is 2.30. The van der Waals surface area contributed by atoms with Crippen LogP contribution in [-0.4, -0.2) is 17.3 Å². The summed E-state index contributed by atoms with van der Waals surface area (Å²) in [7, 11) is 0. The maximum atomic E-state index is 12.9. The zero-order valence-electron chi connectivity index (χ0n) is 12.8. The lowest BCUT2D eigenvalue weighted by Crippen LogP contribution is -2.16. The van der Waals surface area contributed by atoms with E-state index in [0.29, 0.717) is 11.5 Å². The van der Waals surface area contributed by atoms with Crippen molar-refractivity contribution in [2.45, 2.75) is 25.7 Å². The van der Waals surface area contributed by atoms with Crippen LogP contribution < -0.4 is 4.90 Å². The van der Waals surface area contributed by atoms with Gasteiger partial charge in [-0.1, -0.05) is 36.3 Å². The topological polar surface area (TPSA) is 46.3 Å². The second kappa shape index (κ2) is 6.16. The highest BCUT2D eigenvalue weighted by molar-refractivity contribution is 7.18. The molecule has 0 radical (unpaired) electrons. The summed E-state index contributed by atoms with van der Waals surface area (Å²) in [6.07, 6.45) is 14.0. The molecule has 1 saturated carbocycles. The number of rotatable bonds is 4. The van der Waals surface area contributed by atoms with Crippen molar-refractivity contribution in [2.75, 3.05) is 11.4 Å². The Bertz CT molecular complexity index is 752. The van der Waals surface area contributed by atoms with Crippen LogP contribution in [0, 0.1) is 5.92 Å². The van der Waals surface area contributed by atoms with Crippen molar-refractivity contribution in [3.05, 3.63) is 47.7 Å². The van der Waals surface area contributed by atoms with E-state index in [9.17, 15) is 4.79 Å². The number of anilines is 1. The fourth-order valence-electron chi connectivity index (χ4n) is 3.16. The predicted octanol–water partition coefficient (Wildman–Crippen LogP) is 4.67. The molecule has 0 spiro atoms. The van der Waals surface area contributed by atoms with Gasteiger partial charge in [0.15, 0.2) is 16.7 Å². The molecule has 0 N–H and O–H groups in total. The van der Waals surface area contributed by atoms with Crippen molar-refractivity contribution in [1.29, 1.82) is 0 Å². The number of hydrogen-bond acceptors (Lipinski definition) is 5. The van der Waals surface area contributed by atoms with Crippen molar-refractivity contribution in [2.24, 2.45) is 5.92 Å². The first-order valence-electron chi connectivity index (χ1n) is 8.02. The van der Waals surface area contributed by atoms with Gasteiger partial charge in [0.25, 0.3) is 0 Å². The van der Waals surface area contributed by atoms with Crippen molar-refractivity contribution < 1.29 is 9.21 Å². The molecular formula is C18H18N2O2S. The van der Waals surface area contributed by atoms with Crippen LogP contribution in [0.4, 0.5) is 5.13 Å². The Morgan fingerprint density at radius 1 is 1.30 bits per heavy atom. The molecular weight excluding hydrogens is 308 g/mol. The van der Waals surface area contributed by atoms with Gasteiger partial charge in [-0.05, 0) is 31.1 Å². The lowest BCUT2D eigenvalue weighted by molar-refractivity contribution is 0.0927. The Kier molecular flexibility index (Phi) is 3.87. The van der Waals surface area contributed by atoms with E-state index in [4.69, 9.17) is 9.40 Å². The smallest absolute Gasteiger partial charge is 0.191 e. The third-order valence-corrected chi connectivity index (χ3v) is 5.49. The molecule has 4 nitrogen and oxygen atoms in total. The van der Waals surface area contributed by atoms with Crippen LogP contribution in [0.2, 0.25) is 0 Å². The van der Waals surface area contributed by atoms with Crippen LogP contribution in [0.25, 0.3) is 11.5 Å². The second-order valence-electron chi connectivity index (χ2n) is 5.92. The van der Waals surface area contributed by atoms with Crippen LogP contribution in [0.1, 0.15) is 35.4 Å². The van der Waals surface area contributed by atoms with Gasteiger partial charge >= 0.3 is 0 Å². The normalized spacial score (nSPS) is 18.0. The number of nitrogens with zero attached hydrogens (tertiary/aromatic N) is 2. The van der Waals surface area contributed by atoms with E-state index < -0.39 is 0 Å². The van der Waals surface area contributed by atoms with E-state index in [1.54, 1.807) is 6.26 Å². The van der Waals surface area contributed by atoms with E-state index in [2.05, 4.69) is 11.0 Å². The van der Waals surface area contributed by atoms with Gasteiger partial charge in [-0.2, -0.15) is 0 Å². The number of ketones is 1. The molecule has 2 aromatic rings. The lowest BCUT2D eigenvalue weighted by Gasteiger charge is -2.16. The summed E-state index contributed by atoms with van der Waals surface area (Å²) in [6, 6.07) is 3.71. The van der Waals surface area contributed by atoms with Gasteiger partial charge in [0.1, 0.15) is 10.6 Å². The lowest BCUT2D eigenvalue weighted by atomic mass is 10.0. The maximum Gasteiger partial charge on any atom is 0.191 e. The number of Topliss-reactive ketones (excluding diaryl/α,β-unsaturated/α-hetero) is 1. The summed E-state index contributed by atoms with van der Waals surface area (Å²) in [5.74, 6) is 1.05. The minimum atomic E-state index is 0.147. The zero-order chi connectivity index (χ0) is 15.6. The van der Waals surface area contributed by atoms with Crippen molar-refractivity contribution in [3.8, 4) is 11.5 Å². The average molecular weight is 326 g/mol. The monoisotopic (exact) mass is 326 g/mol. The Morgan fingerprint density at radius 2 is 2.17 bits per heavy atom. The van der Waals surface area contributed by atoms with Crippen molar-refractivity contribution in [3.63, 3.8) is 0 Å². The maximum absolute atomic E-state index is 12.9. The minimum absolute atomic E-state index is 0.147. The number of carbonyl (C=O) groups is 1. The van der Waals surface area contributed by atoms with Crippen LogP contribution in [0.15, 0.2) is 47.2 Å². The number of allylic oxidation sites excluding steroid dienone is 2. The summed E-state index contributed by atoms with van der Waals surface area (Å²) in [5, 5.41) is 0.846. The fourth-order valence-corrected chi connectivity index (χ4v) is 4.24. The number of thiazole rings is 1. The summed E-state index contributed by atoms with van der Waals surface area (Å²) in [4.78, 5) is 20.4. The largest absolute Gasteiger partial charge is 0.463 e. The van der Waals surface area contributed by atoms with Crippen molar-refractivity contribution >= 4 is 22.3 Å². The molecule has 4 rings (SSSR count). The third-order valence-electron chi connectivity index (χ3n) is 4.38. The molecule has 1 fully saturated rings. The standard InChI is InChI=1S/C18H18N2O2S/c21-16(13-7-2-3-8-13)17-15(14-9-6-12-22-14)19-18(23-17)20-10-4-1-5-11-20/h1,4-6,9-10,12-13H,2-3,7-8,11H2. The van der Waals surface area contributed by atoms with Gasteiger partial charge in [-0.15, -0.1) is 0 Å². The van der Waals surface area contributed by atoms with E-state index in [0.717, 1.165) is 42.2 Å². The summed E-state index contributed by atoms with van der Waals surface area (Å²) < 4.78 is 5.52. The molecule has 2 aromatic heterocycles. The molecule has 2 aliphatic rings. The number of carbonyl (C=O) groups excluding carboxylic acids is 1. The van der Waals surface area contributed by atoms with E-state index in [1.165, 1.54) is 11.3 Å². The predicted molar refractivity (Wildman–Crippen MR) is 91.7 cm³/mol. The summed E-state index contributed by atoms with van der Waals surface area (Å²) in [6.45, 7) is 0.776. The molecule has 0 atom stereocenters. The molecule has 1 aliphatic carbocycles. The van der Waals surface area contributed by atoms with E-state index >= 15 is 0 Å². The first-order chi connectivity index (χ1) is 11.3. The molecule has 23 heavy (non-hydrogen) atoms. The Labute approximate surface area is 139 Å². The van der Waals surface area contributed by atoms with Gasteiger partial charge in [0, 0.05) is 18.7 Å². The first-order valence-corrected chi connectivity index (χ1v) is 8.83. The molecule has 0 aromatic carbocycles. The van der Waals surface area contributed by atoms with Crippen molar-refractivity contribution in [1.82, 2.24) is 4.98 Å². The minimum Gasteiger partial charge on any atom is -0.463 e. The number of aromatic nitrogens is 1. The molecule has 0 bridgehead atoms. The Hall–Kier alpha value is -2.14. The third kappa shape index (κ3) is 2.77. The molecule has 118 valence electrons. The molecule has 3 heterocycles. The molecule has 0 unspecified atom stereocenters. The highest BCUT2D eigenvalue weighted by Crippen LogP contribution is 2.38. The van der Waals surface area contributed by atoms with Gasteiger partial charge in [0.05, 0.1) is 6.26 Å². The zero-order valence-corrected chi connectivity index (χ0v) is 13.6. The van der Waals surface area contributed by atoms with Crippen LogP contribution in [0.5, 0.6) is 0 Å². The van der Waals surface area contributed by atoms with Gasteiger partial charge in [-0.25, -0.2) is 4.98 Å². The second-order valence-corrected chi connectivity index (χ2v) is 6.90. The fraction of sp³-hybridized carbons (Fsp3) is 0.333. The van der Waals surface area contributed by atoms with Crippen LogP contribution in [-0.2, 0) is 0 Å². The first kappa shape index (κ1) is 14.5. The SMILES string of the molecule is O=C(c1sc(N2C=CC=CC2)nc1-c1ccco1)C1CCCC1. The van der Waals surface area contributed by atoms with Crippen LogP contribution in [0.3, 0.4) is 0 Å². The Morgan fingerprint density at radius 3 is 2.87 bits per heavy atom. The van der Waals surface area contributed by atoms with Gasteiger partial charge in [-0.3, -0.25) is 4.79 Å².